The Morgan fingerprint density at radius 2 is 1.68 bits per heavy atom. The molecule has 0 spiro atoms. The van der Waals surface area contributed by atoms with E-state index in [9.17, 15) is 23.2 Å². The smallest absolute Gasteiger partial charge is 0.437 e. The van der Waals surface area contributed by atoms with Gasteiger partial charge in [-0.3, -0.25) is 9.59 Å². The molecule has 4 aromatic rings. The summed E-state index contributed by atoms with van der Waals surface area (Å²) >= 11 is 0. The summed E-state index contributed by atoms with van der Waals surface area (Å²) in [7, 11) is 0. The number of nitrogens with one attached hydrogen (secondary N) is 1. The van der Waals surface area contributed by atoms with Gasteiger partial charge in [0.05, 0.1) is 11.4 Å². The second-order valence-corrected chi connectivity index (χ2v) is 7.11. The number of benzene rings is 2. The molecule has 1 amide bonds. The summed E-state index contributed by atoms with van der Waals surface area (Å²) < 4.78 is 38.2. The van der Waals surface area contributed by atoms with Crippen LogP contribution in [0.1, 0.15) is 5.69 Å². The zero-order chi connectivity index (χ0) is 24.2. The van der Waals surface area contributed by atoms with Crippen molar-refractivity contribution in [1.29, 1.82) is 0 Å². The Hall–Kier alpha value is -4.61. The second kappa shape index (κ2) is 9.48. The standard InChI is InChI=1S/C22H17F2N5O5/c1-13-10-18(29(26-13)17-8-6-16(24)7-9-17)25-19(30)12-33-20(31)11-28-22(32)34-21(27-28)14-2-4-15(23)5-3-14/h2-10H,11-12H2,1H3,(H,25,30). The van der Waals surface area contributed by atoms with Crippen molar-refractivity contribution in [2.24, 2.45) is 0 Å². The average molecular weight is 469 g/mol. The van der Waals surface area contributed by atoms with Gasteiger partial charge in [0.1, 0.15) is 24.0 Å². The van der Waals surface area contributed by atoms with E-state index < -0.39 is 42.4 Å². The maximum atomic E-state index is 13.2. The normalized spacial score (nSPS) is 10.8. The molecule has 0 aliphatic heterocycles. The first-order valence-corrected chi connectivity index (χ1v) is 9.90. The van der Waals surface area contributed by atoms with Crippen LogP contribution >= 0.6 is 0 Å². The Bertz CT molecular complexity index is 1390. The average Bonchev–Trinajstić information content (AvgIpc) is 3.35. The van der Waals surface area contributed by atoms with E-state index in [4.69, 9.17) is 9.15 Å². The van der Waals surface area contributed by atoms with Crippen LogP contribution in [0, 0.1) is 18.6 Å². The monoisotopic (exact) mass is 469 g/mol. The lowest BCUT2D eigenvalue weighted by Crippen LogP contribution is -2.27. The highest BCUT2D eigenvalue weighted by molar-refractivity contribution is 5.92. The largest absolute Gasteiger partial charge is 0.454 e. The van der Waals surface area contributed by atoms with Gasteiger partial charge in [-0.1, -0.05) is 0 Å². The lowest BCUT2D eigenvalue weighted by atomic mass is 10.2. The Kier molecular flexibility index (Phi) is 6.30. The number of hydrogen-bond donors (Lipinski definition) is 1. The summed E-state index contributed by atoms with van der Waals surface area (Å²) in [6.07, 6.45) is 0. The first-order valence-electron chi connectivity index (χ1n) is 9.90. The molecule has 0 radical (unpaired) electrons. The zero-order valence-electron chi connectivity index (χ0n) is 17.7. The first kappa shape index (κ1) is 22.6. The van der Waals surface area contributed by atoms with Crippen LogP contribution in [0.2, 0.25) is 0 Å². The number of amides is 1. The number of aromatic nitrogens is 4. The molecule has 2 aromatic carbocycles. The minimum atomic E-state index is -0.917. The van der Waals surface area contributed by atoms with Crippen molar-refractivity contribution >= 4 is 17.7 Å². The number of halogens is 2. The molecular weight excluding hydrogens is 452 g/mol. The number of anilines is 1. The van der Waals surface area contributed by atoms with Crippen molar-refractivity contribution in [2.45, 2.75) is 13.5 Å². The molecule has 12 heteroatoms. The molecule has 10 nitrogen and oxygen atoms in total. The molecule has 2 aromatic heterocycles. The fraction of sp³-hybridized carbons (Fsp3) is 0.136. The summed E-state index contributed by atoms with van der Waals surface area (Å²) in [5.41, 5.74) is 1.46. The minimum Gasteiger partial charge on any atom is -0.454 e. The van der Waals surface area contributed by atoms with E-state index >= 15 is 0 Å². The van der Waals surface area contributed by atoms with Gasteiger partial charge in [0.25, 0.3) is 5.91 Å². The Balaban J connectivity index is 1.35. The van der Waals surface area contributed by atoms with Gasteiger partial charge in [-0.05, 0) is 55.5 Å². The van der Waals surface area contributed by atoms with Gasteiger partial charge >= 0.3 is 11.7 Å². The van der Waals surface area contributed by atoms with E-state index in [0.29, 0.717) is 22.8 Å². The van der Waals surface area contributed by atoms with Crippen molar-refractivity contribution in [3.63, 3.8) is 0 Å². The van der Waals surface area contributed by atoms with Gasteiger partial charge in [-0.2, -0.15) is 9.78 Å². The summed E-state index contributed by atoms with van der Waals surface area (Å²) in [5, 5.41) is 10.7. The Morgan fingerprint density at radius 3 is 2.35 bits per heavy atom. The number of nitrogens with zero attached hydrogens (tertiary/aromatic N) is 4. The SMILES string of the molecule is Cc1cc(NC(=O)COC(=O)Cn2nc(-c3ccc(F)cc3)oc2=O)n(-c2ccc(F)cc2)n1. The van der Waals surface area contributed by atoms with Gasteiger partial charge in [0.2, 0.25) is 5.89 Å². The van der Waals surface area contributed by atoms with Crippen LogP contribution in [0.3, 0.4) is 0 Å². The Morgan fingerprint density at radius 1 is 1.03 bits per heavy atom. The predicted octanol–water partition coefficient (Wildman–Crippen LogP) is 2.46. The molecule has 2 heterocycles. The molecule has 0 saturated carbocycles. The zero-order valence-corrected chi connectivity index (χ0v) is 17.7. The highest BCUT2D eigenvalue weighted by Crippen LogP contribution is 2.18. The number of aryl methyl sites for hydroxylation is 1. The van der Waals surface area contributed by atoms with Gasteiger partial charge < -0.3 is 14.5 Å². The summed E-state index contributed by atoms with van der Waals surface area (Å²) in [6.45, 7) is 0.485. The third-order valence-electron chi connectivity index (χ3n) is 4.51. The molecule has 1 N–H and O–H groups in total. The molecular formula is C22H17F2N5O5. The molecule has 0 aliphatic rings. The van der Waals surface area contributed by atoms with Crippen molar-refractivity contribution < 1.29 is 27.5 Å². The maximum absolute atomic E-state index is 13.2. The summed E-state index contributed by atoms with van der Waals surface area (Å²) in [4.78, 5) is 36.3. The number of carbonyl (C=O) groups excluding carboxylic acids is 2. The van der Waals surface area contributed by atoms with Crippen LogP contribution in [0.5, 0.6) is 0 Å². The molecule has 4 rings (SSSR count). The van der Waals surface area contributed by atoms with Crippen molar-refractivity contribution in [1.82, 2.24) is 19.6 Å². The highest BCUT2D eigenvalue weighted by atomic mass is 19.1. The number of hydrogen-bond acceptors (Lipinski definition) is 7. The number of carbonyl (C=O) groups is 2. The van der Waals surface area contributed by atoms with Gasteiger partial charge in [-0.25, -0.2) is 18.3 Å². The van der Waals surface area contributed by atoms with E-state index in [1.165, 1.54) is 53.2 Å². The minimum absolute atomic E-state index is 0.0973. The maximum Gasteiger partial charge on any atom is 0.437 e. The molecule has 0 fully saturated rings. The van der Waals surface area contributed by atoms with Crippen LogP contribution in [0.15, 0.2) is 63.8 Å². The fourth-order valence-electron chi connectivity index (χ4n) is 2.98. The molecule has 0 bridgehead atoms. The van der Waals surface area contributed by atoms with Crippen molar-refractivity contribution in [3.8, 4) is 17.1 Å². The number of ether oxygens (including phenoxy) is 1. The van der Waals surface area contributed by atoms with Crippen molar-refractivity contribution in [2.75, 3.05) is 11.9 Å². The van der Waals surface area contributed by atoms with E-state index in [2.05, 4.69) is 15.5 Å². The van der Waals surface area contributed by atoms with E-state index in [1.54, 1.807) is 13.0 Å². The van der Waals surface area contributed by atoms with E-state index in [-0.39, 0.29) is 5.89 Å². The molecule has 0 aliphatic carbocycles. The number of rotatable bonds is 7. The van der Waals surface area contributed by atoms with Crippen molar-refractivity contribution in [3.05, 3.63) is 82.5 Å². The van der Waals surface area contributed by atoms with Crippen LogP contribution < -0.4 is 11.1 Å². The quantitative estimate of drug-likeness (QED) is 0.413. The summed E-state index contributed by atoms with van der Waals surface area (Å²) in [5.74, 6) is -3.17. The fourth-order valence-corrected chi connectivity index (χ4v) is 2.98. The van der Waals surface area contributed by atoms with Crippen LogP contribution in [-0.2, 0) is 20.9 Å². The first-order chi connectivity index (χ1) is 16.3. The lowest BCUT2D eigenvalue weighted by Gasteiger charge is -2.09. The van der Waals surface area contributed by atoms with E-state index in [0.717, 1.165) is 4.68 Å². The highest BCUT2D eigenvalue weighted by Gasteiger charge is 2.16. The third-order valence-corrected chi connectivity index (χ3v) is 4.51. The van der Waals surface area contributed by atoms with E-state index in [1.807, 2.05) is 0 Å². The molecule has 0 atom stereocenters. The summed E-state index contributed by atoms with van der Waals surface area (Å²) in [6, 6.07) is 12.2. The topological polar surface area (TPSA) is 121 Å². The van der Waals surface area contributed by atoms with Crippen LogP contribution in [-0.4, -0.2) is 38.0 Å². The second-order valence-electron chi connectivity index (χ2n) is 7.11. The van der Waals surface area contributed by atoms with Crippen LogP contribution in [0.4, 0.5) is 14.6 Å². The molecule has 34 heavy (non-hydrogen) atoms. The molecule has 0 saturated heterocycles. The molecule has 174 valence electrons. The van der Waals surface area contributed by atoms with Gasteiger partial charge in [0.15, 0.2) is 6.61 Å². The van der Waals surface area contributed by atoms with Gasteiger partial charge in [0, 0.05) is 11.6 Å². The number of esters is 1. The van der Waals surface area contributed by atoms with Gasteiger partial charge in [-0.15, -0.1) is 5.10 Å². The molecule has 0 unspecified atom stereocenters. The predicted molar refractivity (Wildman–Crippen MR) is 114 cm³/mol. The third kappa shape index (κ3) is 5.23. The van der Waals surface area contributed by atoms with Crippen LogP contribution in [0.25, 0.3) is 17.1 Å². The Labute approximate surface area is 190 Å². The lowest BCUT2D eigenvalue weighted by molar-refractivity contribution is -0.148.